The van der Waals surface area contributed by atoms with Gasteiger partial charge in [-0.1, -0.05) is 0 Å². The molecule has 1 amide bonds. The second-order valence-corrected chi connectivity index (χ2v) is 7.72. The number of amides is 1. The van der Waals surface area contributed by atoms with Crippen LogP contribution in [0, 0.1) is 13.8 Å². The number of rotatable bonds is 1. The van der Waals surface area contributed by atoms with Crippen molar-refractivity contribution in [3.63, 3.8) is 0 Å². The second-order valence-electron chi connectivity index (χ2n) is 6.26. The van der Waals surface area contributed by atoms with Gasteiger partial charge in [-0.05, 0) is 46.2 Å². The van der Waals surface area contributed by atoms with E-state index in [1.807, 2.05) is 25.7 Å². The van der Waals surface area contributed by atoms with E-state index in [1.165, 1.54) is 15.3 Å². The molecular weight excluding hydrogens is 272 g/mol. The normalized spacial score (nSPS) is 20.1. The molecule has 2 heterocycles. The number of piperazine rings is 1. The second kappa shape index (κ2) is 5.74. The van der Waals surface area contributed by atoms with E-state index >= 15 is 0 Å². The van der Waals surface area contributed by atoms with Crippen molar-refractivity contribution in [1.82, 2.24) is 10.2 Å². The quantitative estimate of drug-likeness (QED) is 0.865. The lowest BCUT2D eigenvalue weighted by molar-refractivity contribution is 0.0118. The van der Waals surface area contributed by atoms with Crippen molar-refractivity contribution in [2.75, 3.05) is 19.6 Å². The van der Waals surface area contributed by atoms with Crippen LogP contribution < -0.4 is 5.32 Å². The van der Waals surface area contributed by atoms with Gasteiger partial charge in [-0.3, -0.25) is 4.90 Å². The number of aryl methyl sites for hydroxylation is 2. The molecule has 0 aliphatic carbocycles. The van der Waals surface area contributed by atoms with Crippen molar-refractivity contribution in [3.8, 4) is 0 Å². The molecule has 20 heavy (non-hydrogen) atoms. The lowest BCUT2D eigenvalue weighted by atomic mass is 10.0. The molecule has 0 spiro atoms. The molecule has 1 aliphatic heterocycles. The molecule has 0 aromatic carbocycles. The molecule has 2 rings (SSSR count). The fourth-order valence-corrected chi connectivity index (χ4v) is 3.48. The van der Waals surface area contributed by atoms with E-state index in [2.05, 4.69) is 25.2 Å². The molecule has 1 fully saturated rings. The number of hydrogen-bond acceptors (Lipinski definition) is 4. The van der Waals surface area contributed by atoms with Gasteiger partial charge in [-0.25, -0.2) is 4.79 Å². The third-order valence-corrected chi connectivity index (χ3v) is 4.29. The first-order valence-corrected chi connectivity index (χ1v) is 7.87. The van der Waals surface area contributed by atoms with Crippen LogP contribution in [0.4, 0.5) is 4.79 Å². The molecule has 0 radical (unpaired) electrons. The number of hydrogen-bond donors (Lipinski definition) is 1. The molecule has 1 N–H and O–H groups in total. The zero-order valence-electron chi connectivity index (χ0n) is 12.9. The maximum Gasteiger partial charge on any atom is 0.410 e. The average Bonchev–Trinajstić information content (AvgIpc) is 2.66. The molecule has 4 nitrogen and oxygen atoms in total. The van der Waals surface area contributed by atoms with Gasteiger partial charge in [0.2, 0.25) is 0 Å². The first-order valence-electron chi connectivity index (χ1n) is 7.05. The van der Waals surface area contributed by atoms with E-state index in [1.54, 1.807) is 11.3 Å². The Labute approximate surface area is 125 Å². The predicted octanol–water partition coefficient (Wildman–Crippen LogP) is 3.25. The first-order chi connectivity index (χ1) is 9.28. The summed E-state index contributed by atoms with van der Waals surface area (Å²) in [5, 5.41) is 3.37. The Kier molecular flexibility index (Phi) is 4.39. The highest BCUT2D eigenvalue weighted by molar-refractivity contribution is 7.12. The van der Waals surface area contributed by atoms with Gasteiger partial charge in [0.1, 0.15) is 5.60 Å². The highest BCUT2D eigenvalue weighted by Gasteiger charge is 2.32. The summed E-state index contributed by atoms with van der Waals surface area (Å²) in [5.74, 6) is 0. The molecule has 1 unspecified atom stereocenters. The van der Waals surface area contributed by atoms with Crippen molar-refractivity contribution in [2.45, 2.75) is 46.3 Å². The molecular formula is C15H24N2O2S. The highest BCUT2D eigenvalue weighted by Crippen LogP contribution is 2.31. The van der Waals surface area contributed by atoms with Gasteiger partial charge in [0.05, 0.1) is 6.04 Å². The van der Waals surface area contributed by atoms with Gasteiger partial charge in [0, 0.05) is 29.4 Å². The fraction of sp³-hybridized carbons (Fsp3) is 0.667. The highest BCUT2D eigenvalue weighted by atomic mass is 32.1. The summed E-state index contributed by atoms with van der Waals surface area (Å²) < 4.78 is 5.54. The van der Waals surface area contributed by atoms with Crippen molar-refractivity contribution >= 4 is 17.4 Å². The number of thiophene rings is 1. The lowest BCUT2D eigenvalue weighted by Crippen LogP contribution is -2.50. The summed E-state index contributed by atoms with van der Waals surface area (Å²) in [6, 6.07) is 2.26. The zero-order chi connectivity index (χ0) is 14.9. The monoisotopic (exact) mass is 296 g/mol. The van der Waals surface area contributed by atoms with E-state index in [-0.39, 0.29) is 12.1 Å². The van der Waals surface area contributed by atoms with Crippen LogP contribution in [0.1, 0.15) is 42.1 Å². The van der Waals surface area contributed by atoms with Gasteiger partial charge in [0.15, 0.2) is 0 Å². The Bertz CT molecular complexity index is 491. The molecule has 0 bridgehead atoms. The Morgan fingerprint density at radius 3 is 2.70 bits per heavy atom. The largest absolute Gasteiger partial charge is 0.444 e. The van der Waals surface area contributed by atoms with Crippen LogP contribution in [-0.2, 0) is 4.74 Å². The lowest BCUT2D eigenvalue weighted by Gasteiger charge is -2.37. The maximum atomic E-state index is 12.4. The number of carbonyl (C=O) groups excluding carboxylic acids is 1. The van der Waals surface area contributed by atoms with Gasteiger partial charge < -0.3 is 10.1 Å². The standard InChI is InChI=1S/C15H24N2O2S/c1-10-8-12(11(2)20-10)13-9-16-6-7-17(13)14(18)19-15(3,4)5/h8,13,16H,6-7,9H2,1-5H3. The molecule has 1 aromatic heterocycles. The van der Waals surface area contributed by atoms with Crippen molar-refractivity contribution < 1.29 is 9.53 Å². The molecule has 1 atom stereocenters. The van der Waals surface area contributed by atoms with E-state index < -0.39 is 5.60 Å². The summed E-state index contributed by atoms with van der Waals surface area (Å²) in [7, 11) is 0. The van der Waals surface area contributed by atoms with Crippen molar-refractivity contribution in [1.29, 1.82) is 0 Å². The summed E-state index contributed by atoms with van der Waals surface area (Å²) >= 11 is 1.78. The third-order valence-electron chi connectivity index (χ3n) is 3.31. The number of nitrogens with one attached hydrogen (secondary N) is 1. The summed E-state index contributed by atoms with van der Waals surface area (Å²) in [6.45, 7) is 12.2. The Morgan fingerprint density at radius 2 is 2.15 bits per heavy atom. The van der Waals surface area contributed by atoms with Crippen LogP contribution >= 0.6 is 11.3 Å². The van der Waals surface area contributed by atoms with E-state index in [0.29, 0.717) is 6.54 Å². The van der Waals surface area contributed by atoms with Crippen LogP contribution in [0.2, 0.25) is 0 Å². The number of nitrogens with zero attached hydrogens (tertiary/aromatic N) is 1. The Morgan fingerprint density at radius 1 is 1.45 bits per heavy atom. The topological polar surface area (TPSA) is 41.6 Å². The van der Waals surface area contributed by atoms with Crippen LogP contribution in [0.5, 0.6) is 0 Å². The van der Waals surface area contributed by atoms with E-state index in [4.69, 9.17) is 4.74 Å². The van der Waals surface area contributed by atoms with Gasteiger partial charge in [-0.2, -0.15) is 0 Å². The average molecular weight is 296 g/mol. The summed E-state index contributed by atoms with van der Waals surface area (Å²) in [4.78, 5) is 16.8. The Balaban J connectivity index is 2.21. The van der Waals surface area contributed by atoms with Crippen LogP contribution in [-0.4, -0.2) is 36.2 Å². The van der Waals surface area contributed by atoms with Gasteiger partial charge in [0.25, 0.3) is 0 Å². The van der Waals surface area contributed by atoms with Gasteiger partial charge in [-0.15, -0.1) is 11.3 Å². The molecule has 0 saturated carbocycles. The molecule has 5 heteroatoms. The molecule has 1 aromatic rings. The van der Waals surface area contributed by atoms with Gasteiger partial charge >= 0.3 is 6.09 Å². The predicted molar refractivity (Wildman–Crippen MR) is 82.3 cm³/mol. The number of ether oxygens (including phenoxy) is 1. The minimum Gasteiger partial charge on any atom is -0.444 e. The summed E-state index contributed by atoms with van der Waals surface area (Å²) in [6.07, 6.45) is -0.216. The van der Waals surface area contributed by atoms with Crippen LogP contribution in [0.15, 0.2) is 6.07 Å². The third kappa shape index (κ3) is 3.52. The summed E-state index contributed by atoms with van der Waals surface area (Å²) in [5.41, 5.74) is 0.789. The first kappa shape index (κ1) is 15.3. The Hall–Kier alpha value is -1.07. The minimum absolute atomic E-state index is 0.0727. The smallest absolute Gasteiger partial charge is 0.410 e. The minimum atomic E-state index is -0.452. The van der Waals surface area contributed by atoms with Crippen LogP contribution in [0.25, 0.3) is 0 Å². The fourth-order valence-electron chi connectivity index (χ4n) is 2.50. The zero-order valence-corrected chi connectivity index (χ0v) is 13.8. The van der Waals surface area contributed by atoms with E-state index in [9.17, 15) is 4.79 Å². The maximum absolute atomic E-state index is 12.4. The molecule has 1 saturated heterocycles. The van der Waals surface area contributed by atoms with Crippen LogP contribution in [0.3, 0.4) is 0 Å². The molecule has 1 aliphatic rings. The van der Waals surface area contributed by atoms with E-state index in [0.717, 1.165) is 13.1 Å². The van der Waals surface area contributed by atoms with Crippen molar-refractivity contribution in [3.05, 3.63) is 21.4 Å². The van der Waals surface area contributed by atoms with Crippen molar-refractivity contribution in [2.24, 2.45) is 0 Å². The SMILES string of the molecule is Cc1cc(C2CNCCN2C(=O)OC(C)(C)C)c(C)s1. The molecule has 112 valence electrons. The number of carbonyl (C=O) groups is 1.